The van der Waals surface area contributed by atoms with Gasteiger partial charge in [-0.15, -0.1) is 5.10 Å². The molecule has 0 aromatic carbocycles. The Morgan fingerprint density at radius 2 is 1.91 bits per heavy atom. The molecule has 3 rings (SSSR count). The number of hydrogen-bond acceptors (Lipinski definition) is 6. The number of aliphatic hydroxyl groups excluding tert-OH is 1. The summed E-state index contributed by atoms with van der Waals surface area (Å²) in [6.45, 7) is 9.78. The summed E-state index contributed by atoms with van der Waals surface area (Å²) in [5.41, 5.74) is 0.942. The van der Waals surface area contributed by atoms with Gasteiger partial charge in [0, 0.05) is 45.2 Å². The molecular formula is C17H29N5O. The summed E-state index contributed by atoms with van der Waals surface area (Å²) in [7, 11) is 2.20. The summed E-state index contributed by atoms with van der Waals surface area (Å²) in [6, 6.07) is 4.05. The molecule has 1 aromatic rings. The maximum absolute atomic E-state index is 9.78. The van der Waals surface area contributed by atoms with Gasteiger partial charge in [0.05, 0.1) is 5.69 Å². The van der Waals surface area contributed by atoms with Crippen LogP contribution in [0.3, 0.4) is 0 Å². The molecule has 0 radical (unpaired) electrons. The van der Waals surface area contributed by atoms with E-state index in [1.54, 1.807) is 0 Å². The van der Waals surface area contributed by atoms with E-state index in [0.717, 1.165) is 44.2 Å². The first kappa shape index (κ1) is 16.6. The van der Waals surface area contributed by atoms with Crippen LogP contribution >= 0.6 is 0 Å². The van der Waals surface area contributed by atoms with Crippen molar-refractivity contribution in [3.8, 4) is 0 Å². The van der Waals surface area contributed by atoms with Gasteiger partial charge in [0.25, 0.3) is 0 Å². The van der Waals surface area contributed by atoms with Gasteiger partial charge in [-0.2, -0.15) is 5.10 Å². The third kappa shape index (κ3) is 4.19. The Kier molecular flexibility index (Phi) is 5.46. The van der Waals surface area contributed by atoms with Crippen LogP contribution < -0.4 is 4.90 Å². The molecule has 2 aliphatic heterocycles. The lowest BCUT2D eigenvalue weighted by molar-refractivity contribution is 0.165. The molecule has 0 amide bonds. The molecule has 3 heterocycles. The Bertz CT molecular complexity index is 494. The molecule has 6 heteroatoms. The molecule has 0 unspecified atom stereocenters. The summed E-state index contributed by atoms with van der Waals surface area (Å²) in [5, 5.41) is 18.3. The van der Waals surface area contributed by atoms with Crippen LogP contribution in [0.2, 0.25) is 0 Å². The van der Waals surface area contributed by atoms with E-state index in [1.165, 1.54) is 19.5 Å². The van der Waals surface area contributed by atoms with Crippen molar-refractivity contribution in [3.05, 3.63) is 17.8 Å². The van der Waals surface area contributed by atoms with E-state index in [2.05, 4.69) is 31.9 Å². The molecule has 0 aliphatic carbocycles. The Hall–Kier alpha value is -1.24. The lowest BCUT2D eigenvalue weighted by Crippen LogP contribution is -2.36. The number of likely N-dealkylation sites (N-methyl/N-ethyl adjacent to an activating group) is 1. The molecule has 1 N–H and O–H groups in total. The molecule has 128 valence electrons. The van der Waals surface area contributed by atoms with Gasteiger partial charge in [0.15, 0.2) is 5.82 Å². The van der Waals surface area contributed by atoms with Crippen LogP contribution in [0.4, 0.5) is 5.82 Å². The number of nitrogens with zero attached hydrogens (tertiary/aromatic N) is 5. The fraction of sp³-hybridized carbons (Fsp3) is 0.765. The molecule has 2 fully saturated rings. The van der Waals surface area contributed by atoms with Crippen LogP contribution in [0.1, 0.15) is 12.1 Å². The third-order valence-corrected chi connectivity index (χ3v) is 5.22. The highest BCUT2D eigenvalue weighted by Crippen LogP contribution is 2.27. The van der Waals surface area contributed by atoms with Crippen molar-refractivity contribution < 1.29 is 5.11 Å². The van der Waals surface area contributed by atoms with Crippen LogP contribution in [0.25, 0.3) is 0 Å². The number of hydrogen-bond donors (Lipinski definition) is 1. The van der Waals surface area contributed by atoms with Gasteiger partial charge in [-0.3, -0.25) is 0 Å². The van der Waals surface area contributed by atoms with E-state index >= 15 is 0 Å². The molecule has 0 bridgehead atoms. The van der Waals surface area contributed by atoms with Crippen LogP contribution in [0, 0.1) is 18.8 Å². The van der Waals surface area contributed by atoms with Gasteiger partial charge < -0.3 is 19.8 Å². The van der Waals surface area contributed by atoms with Gasteiger partial charge in [0.2, 0.25) is 0 Å². The average Bonchev–Trinajstić information content (AvgIpc) is 2.84. The predicted molar refractivity (Wildman–Crippen MR) is 91.6 cm³/mol. The minimum Gasteiger partial charge on any atom is -0.396 e. The van der Waals surface area contributed by atoms with E-state index < -0.39 is 0 Å². The Morgan fingerprint density at radius 1 is 1.09 bits per heavy atom. The average molecular weight is 319 g/mol. The second-order valence-corrected chi connectivity index (χ2v) is 7.10. The van der Waals surface area contributed by atoms with Crippen molar-refractivity contribution in [3.63, 3.8) is 0 Å². The fourth-order valence-corrected chi connectivity index (χ4v) is 3.71. The third-order valence-electron chi connectivity index (χ3n) is 5.22. The second kappa shape index (κ2) is 7.55. The fourth-order valence-electron chi connectivity index (χ4n) is 3.71. The van der Waals surface area contributed by atoms with Gasteiger partial charge >= 0.3 is 0 Å². The molecule has 1 aromatic heterocycles. The van der Waals surface area contributed by atoms with Crippen LogP contribution in [0.5, 0.6) is 0 Å². The lowest BCUT2D eigenvalue weighted by atomic mass is 9.96. The highest BCUT2D eigenvalue weighted by Gasteiger charge is 2.34. The summed E-state index contributed by atoms with van der Waals surface area (Å²) in [6.07, 6.45) is 1.24. The maximum Gasteiger partial charge on any atom is 0.151 e. The van der Waals surface area contributed by atoms with Crippen molar-refractivity contribution >= 4 is 5.82 Å². The topological polar surface area (TPSA) is 55.7 Å². The van der Waals surface area contributed by atoms with Crippen molar-refractivity contribution in [2.24, 2.45) is 11.8 Å². The molecule has 0 spiro atoms. The molecule has 2 saturated heterocycles. The van der Waals surface area contributed by atoms with Crippen molar-refractivity contribution in [2.45, 2.75) is 13.3 Å². The maximum atomic E-state index is 9.78. The lowest BCUT2D eigenvalue weighted by Gasteiger charge is -2.26. The summed E-state index contributed by atoms with van der Waals surface area (Å²) in [4.78, 5) is 7.26. The van der Waals surface area contributed by atoms with Crippen LogP contribution in [-0.2, 0) is 0 Å². The SMILES string of the molecule is Cc1ccc(N2C[C@@H](CN3CCCN(C)CC3)[C@@H](CO)C2)nn1. The minimum absolute atomic E-state index is 0.258. The minimum atomic E-state index is 0.258. The zero-order chi connectivity index (χ0) is 16.2. The van der Waals surface area contributed by atoms with E-state index in [-0.39, 0.29) is 6.61 Å². The Balaban J connectivity index is 1.61. The normalized spacial score (nSPS) is 27.3. The highest BCUT2D eigenvalue weighted by molar-refractivity contribution is 5.39. The zero-order valence-corrected chi connectivity index (χ0v) is 14.4. The second-order valence-electron chi connectivity index (χ2n) is 7.10. The predicted octanol–water partition coefficient (Wildman–Crippen LogP) is 0.467. The molecule has 6 nitrogen and oxygen atoms in total. The number of aromatic nitrogens is 2. The molecule has 2 atom stereocenters. The standard InChI is InChI=1S/C17H29N5O/c1-14-4-5-17(19-18-14)22-11-15(16(12-22)13-23)10-21-7-3-6-20(2)8-9-21/h4-5,15-16,23H,3,6-13H2,1-2H3/t15-,16-/m1/s1. The first-order valence-electron chi connectivity index (χ1n) is 8.72. The smallest absolute Gasteiger partial charge is 0.151 e. The number of anilines is 1. The van der Waals surface area contributed by atoms with E-state index in [9.17, 15) is 5.11 Å². The molecule has 2 aliphatic rings. The summed E-state index contributed by atoms with van der Waals surface area (Å²) in [5.74, 6) is 1.78. The Morgan fingerprint density at radius 3 is 2.65 bits per heavy atom. The van der Waals surface area contributed by atoms with Gasteiger partial charge in [-0.05, 0) is 51.5 Å². The molecule has 0 saturated carbocycles. The zero-order valence-electron chi connectivity index (χ0n) is 14.4. The van der Waals surface area contributed by atoms with Crippen LogP contribution in [0.15, 0.2) is 12.1 Å². The highest BCUT2D eigenvalue weighted by atomic mass is 16.3. The van der Waals surface area contributed by atoms with E-state index in [0.29, 0.717) is 11.8 Å². The quantitative estimate of drug-likeness (QED) is 0.870. The molecular weight excluding hydrogens is 290 g/mol. The van der Waals surface area contributed by atoms with Gasteiger partial charge in [0.1, 0.15) is 0 Å². The number of rotatable bonds is 4. The van der Waals surface area contributed by atoms with Gasteiger partial charge in [-0.1, -0.05) is 0 Å². The van der Waals surface area contributed by atoms with Gasteiger partial charge in [-0.25, -0.2) is 0 Å². The Labute approximate surface area is 139 Å². The first-order chi connectivity index (χ1) is 11.2. The van der Waals surface area contributed by atoms with Crippen molar-refractivity contribution in [2.75, 3.05) is 64.4 Å². The first-order valence-corrected chi connectivity index (χ1v) is 8.72. The number of aryl methyl sites for hydroxylation is 1. The van der Waals surface area contributed by atoms with Crippen molar-refractivity contribution in [1.29, 1.82) is 0 Å². The largest absolute Gasteiger partial charge is 0.396 e. The van der Waals surface area contributed by atoms with E-state index in [1.807, 2.05) is 19.1 Å². The summed E-state index contributed by atoms with van der Waals surface area (Å²) < 4.78 is 0. The number of aliphatic hydroxyl groups is 1. The molecule has 23 heavy (non-hydrogen) atoms. The van der Waals surface area contributed by atoms with Crippen LogP contribution in [-0.4, -0.2) is 84.6 Å². The van der Waals surface area contributed by atoms with Crippen molar-refractivity contribution in [1.82, 2.24) is 20.0 Å². The monoisotopic (exact) mass is 319 g/mol. The van der Waals surface area contributed by atoms with E-state index in [4.69, 9.17) is 0 Å². The summed E-state index contributed by atoms with van der Waals surface area (Å²) >= 11 is 0.